The van der Waals surface area contributed by atoms with Gasteiger partial charge in [0.25, 0.3) is 0 Å². The number of hydrogen-bond acceptors (Lipinski definition) is 12. The Balaban J connectivity index is 1.58. The molecule has 2 aromatic heterocycles. The molecule has 0 spiro atoms. The van der Waals surface area contributed by atoms with E-state index in [2.05, 4.69) is 41.4 Å². The third-order valence-corrected chi connectivity index (χ3v) is 5.56. The quantitative estimate of drug-likeness (QED) is 0.159. The lowest BCUT2D eigenvalue weighted by Crippen LogP contribution is -2.11. The first-order valence-electron chi connectivity index (χ1n) is 8.28. The Labute approximate surface area is 177 Å². The predicted octanol–water partition coefficient (Wildman–Crippen LogP) is 2.10. The van der Waals surface area contributed by atoms with Crippen molar-refractivity contribution in [3.05, 3.63) is 60.7 Å². The zero-order valence-corrected chi connectivity index (χ0v) is 16.6. The van der Waals surface area contributed by atoms with Gasteiger partial charge in [-0.05, 0) is 68.6 Å². The lowest BCUT2D eigenvalue weighted by Gasteiger charge is -2.07. The van der Waals surface area contributed by atoms with Crippen molar-refractivity contribution in [2.75, 3.05) is 0 Å². The monoisotopic (exact) mass is 440 g/mol. The minimum atomic E-state index is -0.0444. The number of nitrogens with zero attached hydrogens (tertiary/aromatic N) is 10. The average molecular weight is 440 g/mol. The van der Waals surface area contributed by atoms with E-state index in [4.69, 9.17) is 0 Å². The highest BCUT2D eigenvalue weighted by Crippen LogP contribution is 2.27. The molecule has 0 atom stereocenters. The molecule has 14 heteroatoms. The molecular weight excluding hydrogens is 428 g/mol. The van der Waals surface area contributed by atoms with E-state index in [-0.39, 0.29) is 10.1 Å². The lowest BCUT2D eigenvalue weighted by molar-refractivity contribution is 0.316. The van der Waals surface area contributed by atoms with Gasteiger partial charge < -0.3 is 10.4 Å². The molecule has 0 saturated carbocycles. The van der Waals surface area contributed by atoms with Gasteiger partial charge in [0.2, 0.25) is 10.3 Å². The summed E-state index contributed by atoms with van der Waals surface area (Å²) in [7, 11) is 0. The fourth-order valence-electron chi connectivity index (χ4n) is 2.33. The lowest BCUT2D eigenvalue weighted by atomic mass is 10.3. The van der Waals surface area contributed by atoms with Gasteiger partial charge in [-0.2, -0.15) is 9.36 Å². The van der Waals surface area contributed by atoms with Crippen LogP contribution in [-0.4, -0.2) is 60.9 Å². The highest BCUT2D eigenvalue weighted by Gasteiger charge is 2.22. The van der Waals surface area contributed by atoms with E-state index >= 15 is 0 Å². The Morgan fingerprint density at radius 1 is 0.667 bits per heavy atom. The van der Waals surface area contributed by atoms with Gasteiger partial charge in [-0.15, -0.1) is 10.2 Å². The number of tetrazole rings is 2. The molecule has 150 valence electrons. The Bertz CT molecular complexity index is 1080. The number of aromatic nitrogens is 8. The van der Waals surface area contributed by atoms with Crippen molar-refractivity contribution >= 4 is 33.6 Å². The summed E-state index contributed by atoms with van der Waals surface area (Å²) >= 11 is 1.82. The summed E-state index contributed by atoms with van der Waals surface area (Å²) in [6.45, 7) is 0. The molecule has 4 aromatic rings. The van der Waals surface area contributed by atoms with Gasteiger partial charge in [-0.25, -0.2) is 0 Å². The maximum Gasteiger partial charge on any atom is 0.220 e. The highest BCUT2D eigenvalue weighted by molar-refractivity contribution is 8.25. The first-order chi connectivity index (χ1) is 14.8. The van der Waals surface area contributed by atoms with E-state index in [9.17, 15) is 10.4 Å². The van der Waals surface area contributed by atoms with Crippen LogP contribution in [-0.2, 0) is 0 Å². The van der Waals surface area contributed by atoms with E-state index in [1.54, 1.807) is 0 Å². The zero-order valence-electron chi connectivity index (χ0n) is 15.0. The SMILES string of the molecule is O/N=C(Sc1nnnn1-c1ccccc1)\C(=N/O)Sc1nnnn1-c1ccccc1. The number of para-hydroxylation sites is 2. The summed E-state index contributed by atoms with van der Waals surface area (Å²) in [5.74, 6) is 0. The molecule has 0 bridgehead atoms. The molecule has 0 fully saturated rings. The molecular formula is C16H12N10O2S2. The van der Waals surface area contributed by atoms with E-state index in [1.165, 1.54) is 9.36 Å². The van der Waals surface area contributed by atoms with Crippen LogP contribution in [0.15, 0.2) is 81.3 Å². The van der Waals surface area contributed by atoms with Crippen molar-refractivity contribution in [3.63, 3.8) is 0 Å². The van der Waals surface area contributed by atoms with Gasteiger partial charge in [0, 0.05) is 0 Å². The van der Waals surface area contributed by atoms with Crippen molar-refractivity contribution in [1.29, 1.82) is 0 Å². The van der Waals surface area contributed by atoms with Crippen molar-refractivity contribution in [2.45, 2.75) is 10.3 Å². The molecule has 0 amide bonds. The third kappa shape index (κ3) is 4.13. The van der Waals surface area contributed by atoms with E-state index in [1.807, 2.05) is 60.7 Å². The Kier molecular flexibility index (Phi) is 5.95. The fraction of sp³-hybridized carbons (Fsp3) is 0. The molecule has 0 aliphatic carbocycles. The number of oxime groups is 2. The first kappa shape index (κ1) is 19.5. The van der Waals surface area contributed by atoms with E-state index < -0.39 is 0 Å². The molecule has 2 N–H and O–H groups in total. The predicted molar refractivity (Wildman–Crippen MR) is 108 cm³/mol. The summed E-state index contributed by atoms with van der Waals surface area (Å²) in [6.07, 6.45) is 0. The van der Waals surface area contributed by atoms with Gasteiger partial charge in [0.05, 0.1) is 11.4 Å². The third-order valence-electron chi connectivity index (χ3n) is 3.62. The van der Waals surface area contributed by atoms with Crippen LogP contribution in [0.4, 0.5) is 0 Å². The van der Waals surface area contributed by atoms with Crippen LogP contribution in [0.2, 0.25) is 0 Å². The van der Waals surface area contributed by atoms with Crippen LogP contribution in [0.3, 0.4) is 0 Å². The summed E-state index contributed by atoms with van der Waals surface area (Å²) in [6, 6.07) is 18.4. The number of benzene rings is 2. The Morgan fingerprint density at radius 2 is 1.07 bits per heavy atom. The molecule has 0 aliphatic rings. The number of hydrogen-bond donors (Lipinski definition) is 2. The van der Waals surface area contributed by atoms with Crippen LogP contribution in [0, 0.1) is 0 Å². The fourth-order valence-corrected chi connectivity index (χ4v) is 3.88. The molecule has 30 heavy (non-hydrogen) atoms. The van der Waals surface area contributed by atoms with Crippen molar-refractivity contribution < 1.29 is 10.4 Å². The van der Waals surface area contributed by atoms with Crippen LogP contribution >= 0.6 is 23.5 Å². The van der Waals surface area contributed by atoms with Crippen LogP contribution in [0.1, 0.15) is 0 Å². The van der Waals surface area contributed by atoms with Gasteiger partial charge in [0.1, 0.15) is 0 Å². The normalized spacial score (nSPS) is 12.3. The summed E-state index contributed by atoms with van der Waals surface area (Å²) in [4.78, 5) is 0. The van der Waals surface area contributed by atoms with Crippen molar-refractivity contribution in [2.24, 2.45) is 10.3 Å². The van der Waals surface area contributed by atoms with E-state index in [0.717, 1.165) is 23.5 Å². The molecule has 0 unspecified atom stereocenters. The standard InChI is InChI=1S/C16H12N10O2S2/c27-19-13(29-15-17-21-23-25(15)11-7-3-1-4-8-11)14(20-28)30-16-18-22-24-26(16)12-9-5-2-6-10-12/h1-10,27-28H/b19-13+,20-14+. The topological polar surface area (TPSA) is 152 Å². The first-order valence-corrected chi connectivity index (χ1v) is 9.91. The maximum absolute atomic E-state index is 9.53. The van der Waals surface area contributed by atoms with Gasteiger partial charge in [0.15, 0.2) is 10.1 Å². The summed E-state index contributed by atoms with van der Waals surface area (Å²) < 4.78 is 2.92. The summed E-state index contributed by atoms with van der Waals surface area (Å²) in [5.41, 5.74) is 1.43. The van der Waals surface area contributed by atoms with Crippen molar-refractivity contribution in [3.8, 4) is 11.4 Å². The molecule has 0 radical (unpaired) electrons. The summed E-state index contributed by atoms with van der Waals surface area (Å²) in [5, 5.41) is 49.1. The highest BCUT2D eigenvalue weighted by atomic mass is 32.2. The minimum Gasteiger partial charge on any atom is -0.410 e. The van der Waals surface area contributed by atoms with Gasteiger partial charge >= 0.3 is 0 Å². The molecule has 2 heterocycles. The second-order valence-electron chi connectivity index (χ2n) is 5.43. The van der Waals surface area contributed by atoms with E-state index in [0.29, 0.717) is 21.7 Å². The Hall–Kier alpha value is -3.78. The largest absolute Gasteiger partial charge is 0.410 e. The zero-order chi connectivity index (χ0) is 20.8. The molecule has 2 aromatic carbocycles. The maximum atomic E-state index is 9.53. The molecule has 4 rings (SSSR count). The van der Waals surface area contributed by atoms with Crippen LogP contribution in [0.25, 0.3) is 11.4 Å². The van der Waals surface area contributed by atoms with Gasteiger partial charge in [-0.1, -0.05) is 46.7 Å². The number of rotatable bonds is 4. The molecule has 0 aliphatic heterocycles. The molecule has 12 nitrogen and oxygen atoms in total. The Morgan fingerprint density at radius 3 is 1.43 bits per heavy atom. The smallest absolute Gasteiger partial charge is 0.220 e. The number of thioether (sulfide) groups is 2. The van der Waals surface area contributed by atoms with Crippen molar-refractivity contribution in [1.82, 2.24) is 40.4 Å². The molecule has 0 saturated heterocycles. The minimum absolute atomic E-state index is 0.0444. The van der Waals surface area contributed by atoms with Crippen LogP contribution < -0.4 is 0 Å². The second kappa shape index (κ2) is 9.15. The second-order valence-corrected chi connectivity index (χ2v) is 7.34. The average Bonchev–Trinajstić information content (AvgIpc) is 3.46. The van der Waals surface area contributed by atoms with Crippen LogP contribution in [0.5, 0.6) is 0 Å². The van der Waals surface area contributed by atoms with Gasteiger partial charge in [-0.3, -0.25) is 0 Å².